The Morgan fingerprint density at radius 2 is 1.91 bits per heavy atom. The highest BCUT2D eigenvalue weighted by Crippen LogP contribution is 2.47. The summed E-state index contributed by atoms with van der Waals surface area (Å²) in [6.45, 7) is 6.19. The SMILES string of the molecule is CCc1ccccc1NC(=O)CSC1=C(C#N)[C@@H](c2ccc(Cl)cc2)C2=C(CC(C)(C)CC2=O)N1. The highest BCUT2D eigenvalue weighted by atomic mass is 35.5. The fraction of sp³-hybridized carbons (Fsp3) is 0.321. The molecule has 2 aromatic carbocycles. The number of Topliss-reactive ketones (excluding diaryl/α,β-unsaturated/α-hetero) is 1. The van der Waals surface area contributed by atoms with Crippen LogP contribution in [-0.2, 0) is 16.0 Å². The maximum atomic E-state index is 13.3. The highest BCUT2D eigenvalue weighted by molar-refractivity contribution is 8.03. The number of aryl methyl sites for hydroxylation is 1. The maximum absolute atomic E-state index is 13.3. The first-order chi connectivity index (χ1) is 16.7. The molecule has 0 aromatic heterocycles. The van der Waals surface area contributed by atoms with Crippen LogP contribution in [0.2, 0.25) is 5.02 Å². The monoisotopic (exact) mass is 505 g/mol. The highest BCUT2D eigenvalue weighted by Gasteiger charge is 2.41. The summed E-state index contributed by atoms with van der Waals surface area (Å²) >= 11 is 7.40. The molecule has 180 valence electrons. The molecule has 5 nitrogen and oxygen atoms in total. The normalized spacial score (nSPS) is 19.1. The van der Waals surface area contributed by atoms with E-state index in [1.807, 2.05) is 43.3 Å². The second kappa shape index (κ2) is 10.3. The summed E-state index contributed by atoms with van der Waals surface area (Å²) in [6.07, 6.45) is 1.94. The minimum absolute atomic E-state index is 0.0504. The van der Waals surface area contributed by atoms with Gasteiger partial charge in [0.1, 0.15) is 0 Å². The van der Waals surface area contributed by atoms with Crippen LogP contribution in [0.5, 0.6) is 0 Å². The summed E-state index contributed by atoms with van der Waals surface area (Å²) in [5, 5.41) is 17.7. The minimum Gasteiger partial charge on any atom is -0.352 e. The lowest BCUT2D eigenvalue weighted by Gasteiger charge is -2.39. The zero-order valence-corrected chi connectivity index (χ0v) is 21.6. The van der Waals surface area contributed by atoms with E-state index in [4.69, 9.17) is 11.6 Å². The maximum Gasteiger partial charge on any atom is 0.234 e. The number of nitrogens with one attached hydrogen (secondary N) is 2. The van der Waals surface area contributed by atoms with Gasteiger partial charge in [-0.15, -0.1) is 0 Å². The molecule has 1 amide bonds. The molecule has 1 heterocycles. The number of hydrogen-bond acceptors (Lipinski definition) is 5. The first-order valence-electron chi connectivity index (χ1n) is 11.7. The topological polar surface area (TPSA) is 82.0 Å². The molecule has 35 heavy (non-hydrogen) atoms. The molecule has 1 aliphatic heterocycles. The molecular weight excluding hydrogens is 478 g/mol. The van der Waals surface area contributed by atoms with E-state index in [0.717, 1.165) is 28.9 Å². The van der Waals surface area contributed by atoms with E-state index in [2.05, 4.69) is 30.6 Å². The van der Waals surface area contributed by atoms with E-state index in [1.165, 1.54) is 11.8 Å². The number of anilines is 1. The van der Waals surface area contributed by atoms with Crippen LogP contribution in [0.15, 0.2) is 70.4 Å². The number of ketones is 1. The van der Waals surface area contributed by atoms with Crippen LogP contribution < -0.4 is 10.6 Å². The van der Waals surface area contributed by atoms with Crippen molar-refractivity contribution in [1.82, 2.24) is 5.32 Å². The third-order valence-corrected chi connectivity index (χ3v) is 7.62. The van der Waals surface area contributed by atoms with Crippen LogP contribution in [0.25, 0.3) is 0 Å². The van der Waals surface area contributed by atoms with E-state index in [9.17, 15) is 14.9 Å². The van der Waals surface area contributed by atoms with Gasteiger partial charge in [-0.25, -0.2) is 0 Å². The van der Waals surface area contributed by atoms with Crippen molar-refractivity contribution in [3.8, 4) is 6.07 Å². The van der Waals surface area contributed by atoms with Gasteiger partial charge in [0.05, 0.1) is 28.3 Å². The number of rotatable bonds is 6. The predicted molar refractivity (Wildman–Crippen MR) is 142 cm³/mol. The van der Waals surface area contributed by atoms with Crippen molar-refractivity contribution < 1.29 is 9.59 Å². The average Bonchev–Trinajstić information content (AvgIpc) is 2.82. The Hall–Kier alpha value is -3.01. The third-order valence-electron chi connectivity index (χ3n) is 6.35. The van der Waals surface area contributed by atoms with Gasteiger partial charge in [0.2, 0.25) is 5.91 Å². The van der Waals surface area contributed by atoms with E-state index >= 15 is 0 Å². The van der Waals surface area contributed by atoms with E-state index in [0.29, 0.717) is 34.0 Å². The number of allylic oxidation sites excluding steroid dienone is 3. The molecule has 7 heteroatoms. The van der Waals surface area contributed by atoms with Gasteiger partial charge < -0.3 is 10.6 Å². The van der Waals surface area contributed by atoms with E-state index < -0.39 is 5.92 Å². The molecular formula is C28H28ClN3O2S. The number of para-hydroxylation sites is 1. The van der Waals surface area contributed by atoms with Crippen LogP contribution >= 0.6 is 23.4 Å². The van der Waals surface area contributed by atoms with Crippen LogP contribution in [0, 0.1) is 16.7 Å². The zero-order valence-electron chi connectivity index (χ0n) is 20.1. The van der Waals surface area contributed by atoms with Crippen molar-refractivity contribution in [2.45, 2.75) is 46.0 Å². The fourth-order valence-corrected chi connectivity index (χ4v) is 5.74. The van der Waals surface area contributed by atoms with Crippen molar-refractivity contribution in [3.63, 3.8) is 0 Å². The Morgan fingerprint density at radius 3 is 2.60 bits per heavy atom. The first-order valence-corrected chi connectivity index (χ1v) is 13.0. The summed E-state index contributed by atoms with van der Waals surface area (Å²) in [5.74, 6) is -0.443. The molecule has 0 fully saturated rings. The number of benzene rings is 2. The number of amides is 1. The van der Waals surface area contributed by atoms with Gasteiger partial charge in [-0.3, -0.25) is 9.59 Å². The second-order valence-electron chi connectivity index (χ2n) is 9.64. The van der Waals surface area contributed by atoms with Crippen LogP contribution in [0.4, 0.5) is 5.69 Å². The number of nitriles is 1. The summed E-state index contributed by atoms with van der Waals surface area (Å²) in [5.41, 5.74) is 4.46. The molecule has 0 saturated heterocycles. The Morgan fingerprint density at radius 1 is 1.20 bits per heavy atom. The van der Waals surface area contributed by atoms with Gasteiger partial charge >= 0.3 is 0 Å². The molecule has 2 N–H and O–H groups in total. The van der Waals surface area contributed by atoms with E-state index in [-0.39, 0.29) is 22.9 Å². The number of dihydropyridines is 1. The summed E-state index contributed by atoms with van der Waals surface area (Å²) in [7, 11) is 0. The van der Waals surface area contributed by atoms with Crippen molar-refractivity contribution in [1.29, 1.82) is 5.26 Å². The van der Waals surface area contributed by atoms with Crippen LogP contribution in [0.1, 0.15) is 50.7 Å². The van der Waals surface area contributed by atoms with Gasteiger partial charge in [-0.2, -0.15) is 5.26 Å². The van der Waals surface area contributed by atoms with E-state index in [1.54, 1.807) is 12.1 Å². The average molecular weight is 506 g/mol. The molecule has 0 spiro atoms. The van der Waals surface area contributed by atoms with Crippen LogP contribution in [0.3, 0.4) is 0 Å². The molecule has 0 radical (unpaired) electrons. The summed E-state index contributed by atoms with van der Waals surface area (Å²) < 4.78 is 0. The Bertz CT molecular complexity index is 1270. The second-order valence-corrected chi connectivity index (χ2v) is 11.1. The molecule has 4 rings (SSSR count). The molecule has 0 unspecified atom stereocenters. The largest absolute Gasteiger partial charge is 0.352 e. The molecule has 1 atom stereocenters. The lowest BCUT2D eigenvalue weighted by Crippen LogP contribution is -2.37. The standard InChI is InChI=1S/C28H28ClN3O2S/c1-4-17-7-5-6-8-21(17)31-24(34)16-35-27-20(15-30)25(18-9-11-19(29)12-10-18)26-22(32-27)13-28(2,3)14-23(26)33/h5-12,25,32H,4,13-14,16H2,1-3H3,(H,31,34)/t25-/m1/s1. The molecule has 2 aromatic rings. The summed E-state index contributed by atoms with van der Waals surface area (Å²) in [4.78, 5) is 26.1. The molecule has 0 bridgehead atoms. The quantitative estimate of drug-likeness (QED) is 0.478. The Labute approximate surface area is 215 Å². The Kier molecular flexibility index (Phi) is 7.39. The number of carbonyl (C=O) groups is 2. The lowest BCUT2D eigenvalue weighted by atomic mass is 9.69. The van der Waals surface area contributed by atoms with Gasteiger partial charge in [0.15, 0.2) is 5.78 Å². The smallest absolute Gasteiger partial charge is 0.234 e. The number of thioether (sulfide) groups is 1. The first kappa shape index (κ1) is 25.1. The predicted octanol–water partition coefficient (Wildman–Crippen LogP) is 6.34. The Balaban J connectivity index is 1.64. The van der Waals surface area contributed by atoms with Gasteiger partial charge in [0, 0.05) is 28.4 Å². The van der Waals surface area contributed by atoms with Gasteiger partial charge in [-0.05, 0) is 47.6 Å². The van der Waals surface area contributed by atoms with Crippen LogP contribution in [-0.4, -0.2) is 17.4 Å². The summed E-state index contributed by atoms with van der Waals surface area (Å²) in [6, 6.07) is 17.3. The number of carbonyl (C=O) groups excluding carboxylic acids is 2. The number of hydrogen-bond donors (Lipinski definition) is 2. The lowest BCUT2D eigenvalue weighted by molar-refractivity contribution is -0.118. The fourth-order valence-electron chi connectivity index (χ4n) is 4.75. The van der Waals surface area contributed by atoms with Crippen molar-refractivity contribution in [2.75, 3.05) is 11.1 Å². The zero-order chi connectivity index (χ0) is 25.2. The number of halogens is 1. The molecule has 1 aliphatic carbocycles. The van der Waals surface area contributed by atoms with Crippen molar-refractivity contribution >= 4 is 40.7 Å². The number of nitrogens with zero attached hydrogens (tertiary/aromatic N) is 1. The van der Waals surface area contributed by atoms with Gasteiger partial charge in [-0.1, -0.05) is 74.5 Å². The molecule has 0 saturated carbocycles. The van der Waals surface area contributed by atoms with Crippen molar-refractivity contribution in [3.05, 3.63) is 86.6 Å². The molecule has 2 aliphatic rings. The van der Waals surface area contributed by atoms with Crippen molar-refractivity contribution in [2.24, 2.45) is 5.41 Å². The minimum atomic E-state index is -0.483. The van der Waals surface area contributed by atoms with Gasteiger partial charge in [0.25, 0.3) is 0 Å². The third kappa shape index (κ3) is 5.47.